The van der Waals surface area contributed by atoms with Crippen molar-refractivity contribution >= 4 is 5.76 Å². The van der Waals surface area contributed by atoms with Gasteiger partial charge in [0.2, 0.25) is 0 Å². The van der Waals surface area contributed by atoms with Gasteiger partial charge in [-0.2, -0.15) is 0 Å². The fraction of sp³-hybridized carbons (Fsp3) is 0.333. The van der Waals surface area contributed by atoms with E-state index < -0.39 is 0 Å². The lowest BCUT2D eigenvalue weighted by atomic mass is 10.1. The number of hydrogen-bond acceptors (Lipinski definition) is 2. The topological polar surface area (TPSA) is 29.5 Å². The standard InChI is InChI=1S/C12H16O2/c1-4-7-14-12-8-9(2)5-6-11(12)10(3)13/h5-6,8,13H,3-4,7H2,1-2H3. The third kappa shape index (κ3) is 2.52. The molecule has 0 saturated carbocycles. The molecule has 0 fully saturated rings. The maximum Gasteiger partial charge on any atom is 0.130 e. The van der Waals surface area contributed by atoms with E-state index in [-0.39, 0.29) is 5.76 Å². The maximum atomic E-state index is 9.32. The summed E-state index contributed by atoms with van der Waals surface area (Å²) < 4.78 is 5.51. The molecular weight excluding hydrogens is 176 g/mol. The highest BCUT2D eigenvalue weighted by molar-refractivity contribution is 5.63. The van der Waals surface area contributed by atoms with Gasteiger partial charge in [0.15, 0.2) is 0 Å². The van der Waals surface area contributed by atoms with Crippen molar-refractivity contribution in [2.45, 2.75) is 20.3 Å². The summed E-state index contributed by atoms with van der Waals surface area (Å²) in [5.41, 5.74) is 1.78. The van der Waals surface area contributed by atoms with Crippen molar-refractivity contribution in [3.63, 3.8) is 0 Å². The molecule has 0 unspecified atom stereocenters. The Morgan fingerprint density at radius 3 is 2.79 bits per heavy atom. The monoisotopic (exact) mass is 192 g/mol. The summed E-state index contributed by atoms with van der Waals surface area (Å²) in [6, 6.07) is 5.66. The van der Waals surface area contributed by atoms with Crippen LogP contribution in [-0.4, -0.2) is 11.7 Å². The fourth-order valence-corrected chi connectivity index (χ4v) is 1.20. The van der Waals surface area contributed by atoms with E-state index in [4.69, 9.17) is 4.74 Å². The minimum Gasteiger partial charge on any atom is -0.508 e. The van der Waals surface area contributed by atoms with Gasteiger partial charge in [0.05, 0.1) is 12.2 Å². The van der Waals surface area contributed by atoms with E-state index in [1.807, 2.05) is 32.0 Å². The van der Waals surface area contributed by atoms with Crippen molar-refractivity contribution in [3.8, 4) is 5.75 Å². The Morgan fingerprint density at radius 2 is 2.21 bits per heavy atom. The lowest BCUT2D eigenvalue weighted by Gasteiger charge is -2.10. The van der Waals surface area contributed by atoms with E-state index in [1.54, 1.807) is 0 Å². The molecule has 2 nitrogen and oxygen atoms in total. The van der Waals surface area contributed by atoms with Gasteiger partial charge >= 0.3 is 0 Å². The van der Waals surface area contributed by atoms with Gasteiger partial charge in [0.25, 0.3) is 0 Å². The predicted octanol–water partition coefficient (Wildman–Crippen LogP) is 3.31. The normalized spacial score (nSPS) is 9.86. The Labute approximate surface area is 84.8 Å². The zero-order chi connectivity index (χ0) is 10.6. The summed E-state index contributed by atoms with van der Waals surface area (Å²) in [5.74, 6) is 0.760. The van der Waals surface area contributed by atoms with E-state index in [2.05, 4.69) is 6.58 Å². The van der Waals surface area contributed by atoms with Gasteiger partial charge in [-0.25, -0.2) is 0 Å². The molecule has 2 heteroatoms. The van der Waals surface area contributed by atoms with Crippen LogP contribution in [-0.2, 0) is 0 Å². The highest BCUT2D eigenvalue weighted by atomic mass is 16.5. The number of aliphatic hydroxyl groups excluding tert-OH is 1. The molecule has 76 valence electrons. The lowest BCUT2D eigenvalue weighted by molar-refractivity contribution is 0.314. The van der Waals surface area contributed by atoms with Crippen LogP contribution in [0.3, 0.4) is 0 Å². The van der Waals surface area contributed by atoms with Crippen LogP contribution in [0.25, 0.3) is 5.76 Å². The largest absolute Gasteiger partial charge is 0.508 e. The Bertz CT molecular complexity index is 329. The second kappa shape index (κ2) is 4.70. The SMILES string of the molecule is C=C(O)c1ccc(C)cc1OCCC. The van der Waals surface area contributed by atoms with Gasteiger partial charge in [-0.15, -0.1) is 0 Å². The van der Waals surface area contributed by atoms with Crippen molar-refractivity contribution in [1.82, 2.24) is 0 Å². The van der Waals surface area contributed by atoms with E-state index in [0.717, 1.165) is 12.0 Å². The summed E-state index contributed by atoms with van der Waals surface area (Å²) in [5, 5.41) is 9.32. The summed E-state index contributed by atoms with van der Waals surface area (Å²) >= 11 is 0. The molecule has 14 heavy (non-hydrogen) atoms. The third-order valence-electron chi connectivity index (χ3n) is 1.91. The van der Waals surface area contributed by atoms with Gasteiger partial charge in [0.1, 0.15) is 11.5 Å². The Balaban J connectivity index is 2.97. The molecule has 0 bridgehead atoms. The van der Waals surface area contributed by atoms with E-state index >= 15 is 0 Å². The van der Waals surface area contributed by atoms with Crippen LogP contribution < -0.4 is 4.74 Å². The Morgan fingerprint density at radius 1 is 1.50 bits per heavy atom. The van der Waals surface area contributed by atoms with Crippen LogP contribution in [0.1, 0.15) is 24.5 Å². The third-order valence-corrected chi connectivity index (χ3v) is 1.91. The molecule has 1 aromatic rings. The molecule has 1 aromatic carbocycles. The average Bonchev–Trinajstić information content (AvgIpc) is 2.14. The molecule has 0 aromatic heterocycles. The van der Waals surface area contributed by atoms with Crippen LogP contribution in [0.15, 0.2) is 24.8 Å². The van der Waals surface area contributed by atoms with Crippen LogP contribution in [0.2, 0.25) is 0 Å². The molecule has 1 N–H and O–H groups in total. The molecular formula is C12H16O2. The first-order chi connectivity index (χ1) is 6.65. The van der Waals surface area contributed by atoms with Gasteiger partial charge in [-0.1, -0.05) is 19.6 Å². The molecule has 0 amide bonds. The molecule has 0 saturated heterocycles. The van der Waals surface area contributed by atoms with Gasteiger partial charge in [0, 0.05) is 0 Å². The lowest BCUT2D eigenvalue weighted by Crippen LogP contribution is -1.98. The highest BCUT2D eigenvalue weighted by Crippen LogP contribution is 2.25. The molecule has 0 heterocycles. The molecule has 0 aliphatic rings. The number of benzene rings is 1. The van der Waals surface area contributed by atoms with E-state index in [9.17, 15) is 5.11 Å². The molecule has 1 rings (SSSR count). The Hall–Kier alpha value is -1.44. The first kappa shape index (κ1) is 10.6. The van der Waals surface area contributed by atoms with Gasteiger partial charge < -0.3 is 9.84 Å². The number of ether oxygens (including phenoxy) is 1. The van der Waals surface area contributed by atoms with Crippen molar-refractivity contribution in [2.24, 2.45) is 0 Å². The zero-order valence-corrected chi connectivity index (χ0v) is 8.71. The summed E-state index contributed by atoms with van der Waals surface area (Å²) in [6.07, 6.45) is 0.950. The van der Waals surface area contributed by atoms with Crippen molar-refractivity contribution < 1.29 is 9.84 Å². The van der Waals surface area contributed by atoms with Crippen LogP contribution >= 0.6 is 0 Å². The van der Waals surface area contributed by atoms with Crippen LogP contribution in [0, 0.1) is 6.92 Å². The van der Waals surface area contributed by atoms with Crippen molar-refractivity contribution in [2.75, 3.05) is 6.61 Å². The minimum atomic E-state index is 0.0519. The molecule has 0 atom stereocenters. The average molecular weight is 192 g/mol. The quantitative estimate of drug-likeness (QED) is 0.741. The number of hydrogen-bond donors (Lipinski definition) is 1. The number of rotatable bonds is 4. The van der Waals surface area contributed by atoms with Gasteiger partial charge in [-0.05, 0) is 31.0 Å². The first-order valence-electron chi connectivity index (χ1n) is 4.77. The van der Waals surface area contributed by atoms with E-state index in [1.165, 1.54) is 0 Å². The second-order valence-electron chi connectivity index (χ2n) is 3.29. The van der Waals surface area contributed by atoms with Crippen molar-refractivity contribution in [3.05, 3.63) is 35.9 Å². The fourth-order valence-electron chi connectivity index (χ4n) is 1.20. The first-order valence-corrected chi connectivity index (χ1v) is 4.77. The molecule has 0 radical (unpaired) electrons. The Kier molecular flexibility index (Phi) is 3.57. The molecule has 0 spiro atoms. The predicted molar refractivity (Wildman–Crippen MR) is 58.6 cm³/mol. The van der Waals surface area contributed by atoms with Gasteiger partial charge in [-0.3, -0.25) is 0 Å². The van der Waals surface area contributed by atoms with Crippen molar-refractivity contribution in [1.29, 1.82) is 0 Å². The number of aliphatic hydroxyl groups is 1. The molecule has 0 aliphatic carbocycles. The smallest absolute Gasteiger partial charge is 0.130 e. The maximum absolute atomic E-state index is 9.32. The number of aryl methyl sites for hydroxylation is 1. The minimum absolute atomic E-state index is 0.0519. The molecule has 0 aliphatic heterocycles. The second-order valence-corrected chi connectivity index (χ2v) is 3.29. The van der Waals surface area contributed by atoms with E-state index in [0.29, 0.717) is 17.9 Å². The summed E-state index contributed by atoms with van der Waals surface area (Å²) in [6.45, 7) is 8.19. The summed E-state index contributed by atoms with van der Waals surface area (Å²) in [4.78, 5) is 0. The van der Waals surface area contributed by atoms with Crippen LogP contribution in [0.5, 0.6) is 5.75 Å². The summed E-state index contributed by atoms with van der Waals surface area (Å²) in [7, 11) is 0. The highest BCUT2D eigenvalue weighted by Gasteiger charge is 2.05. The zero-order valence-electron chi connectivity index (χ0n) is 8.71. The van der Waals surface area contributed by atoms with Crippen LogP contribution in [0.4, 0.5) is 0 Å².